The molecule has 3 nitrogen and oxygen atoms in total. The van der Waals surface area contributed by atoms with Gasteiger partial charge in [-0.3, -0.25) is 0 Å². The fourth-order valence-corrected chi connectivity index (χ4v) is 2.88. The Morgan fingerprint density at radius 1 is 1.20 bits per heavy atom. The molecule has 1 aliphatic heterocycles. The van der Waals surface area contributed by atoms with Crippen LogP contribution in [0.2, 0.25) is 0 Å². The van der Waals surface area contributed by atoms with E-state index in [9.17, 15) is 4.79 Å². The molecule has 3 rings (SSSR count). The van der Waals surface area contributed by atoms with E-state index >= 15 is 0 Å². The molecule has 20 heavy (non-hydrogen) atoms. The van der Waals surface area contributed by atoms with Crippen molar-refractivity contribution in [2.75, 3.05) is 6.54 Å². The summed E-state index contributed by atoms with van der Waals surface area (Å²) in [6.07, 6.45) is 1.04. The Hall–Kier alpha value is -2.13. The Kier molecular flexibility index (Phi) is 3.28. The van der Waals surface area contributed by atoms with E-state index in [0.29, 0.717) is 5.56 Å². The predicted molar refractivity (Wildman–Crippen MR) is 79.0 cm³/mol. The third-order valence-corrected chi connectivity index (χ3v) is 3.94. The standard InChI is InChI=1S/C17H17NO2/c1-11-5-6-15(16-10-18-8-7-14(11)16)12-3-2-4-13(9-12)17(19)20/h2-6,9,18H,7-8,10H2,1H3,(H,19,20). The van der Waals surface area contributed by atoms with Gasteiger partial charge in [0.2, 0.25) is 0 Å². The minimum absolute atomic E-state index is 0.334. The quantitative estimate of drug-likeness (QED) is 0.879. The zero-order valence-corrected chi connectivity index (χ0v) is 11.4. The van der Waals surface area contributed by atoms with Crippen LogP contribution in [0.5, 0.6) is 0 Å². The van der Waals surface area contributed by atoms with Gasteiger partial charge in [0.1, 0.15) is 0 Å². The number of carboxylic acids is 1. The van der Waals surface area contributed by atoms with Gasteiger partial charge in [-0.25, -0.2) is 4.79 Å². The second-order valence-corrected chi connectivity index (χ2v) is 5.20. The van der Waals surface area contributed by atoms with Gasteiger partial charge in [0, 0.05) is 6.54 Å². The Labute approximate surface area is 118 Å². The van der Waals surface area contributed by atoms with Crippen LogP contribution in [0.1, 0.15) is 27.0 Å². The van der Waals surface area contributed by atoms with Gasteiger partial charge >= 0.3 is 5.97 Å². The van der Waals surface area contributed by atoms with Crippen molar-refractivity contribution >= 4 is 5.97 Å². The number of rotatable bonds is 2. The summed E-state index contributed by atoms with van der Waals surface area (Å²) in [5, 5.41) is 12.5. The van der Waals surface area contributed by atoms with Crippen molar-refractivity contribution in [2.45, 2.75) is 19.9 Å². The predicted octanol–water partition coefficient (Wildman–Crippen LogP) is 3.01. The third-order valence-electron chi connectivity index (χ3n) is 3.94. The van der Waals surface area contributed by atoms with Crippen LogP contribution in [0.4, 0.5) is 0 Å². The molecule has 3 heteroatoms. The first-order chi connectivity index (χ1) is 9.66. The Morgan fingerprint density at radius 3 is 2.85 bits per heavy atom. The minimum Gasteiger partial charge on any atom is -0.478 e. The molecule has 0 aliphatic carbocycles. The van der Waals surface area contributed by atoms with E-state index < -0.39 is 5.97 Å². The molecule has 2 aromatic carbocycles. The summed E-state index contributed by atoms with van der Waals surface area (Å²) in [5.74, 6) is -0.883. The monoisotopic (exact) mass is 267 g/mol. The third kappa shape index (κ3) is 2.21. The van der Waals surface area contributed by atoms with Gasteiger partial charge in [-0.1, -0.05) is 24.3 Å². The van der Waals surface area contributed by atoms with Crippen molar-refractivity contribution < 1.29 is 9.90 Å². The summed E-state index contributed by atoms with van der Waals surface area (Å²) in [6.45, 7) is 4.00. The Bertz CT molecular complexity index is 677. The fraction of sp³-hybridized carbons (Fsp3) is 0.235. The summed E-state index contributed by atoms with van der Waals surface area (Å²) < 4.78 is 0. The van der Waals surface area contributed by atoms with Crippen LogP contribution >= 0.6 is 0 Å². The first-order valence-electron chi connectivity index (χ1n) is 6.82. The van der Waals surface area contributed by atoms with E-state index in [0.717, 1.165) is 30.6 Å². The SMILES string of the molecule is Cc1ccc(-c2cccc(C(=O)O)c2)c2c1CCNC2. The normalized spacial score (nSPS) is 13.8. The second-order valence-electron chi connectivity index (χ2n) is 5.20. The van der Waals surface area contributed by atoms with Gasteiger partial charge in [0.05, 0.1) is 5.56 Å². The van der Waals surface area contributed by atoms with Crippen LogP contribution in [0.3, 0.4) is 0 Å². The van der Waals surface area contributed by atoms with Gasteiger partial charge < -0.3 is 10.4 Å². The lowest BCUT2D eigenvalue weighted by Crippen LogP contribution is -2.25. The van der Waals surface area contributed by atoms with E-state index in [1.165, 1.54) is 16.7 Å². The zero-order chi connectivity index (χ0) is 14.1. The lowest BCUT2D eigenvalue weighted by atomic mass is 9.88. The molecule has 1 heterocycles. The molecule has 2 aromatic rings. The van der Waals surface area contributed by atoms with E-state index in [1.54, 1.807) is 18.2 Å². The van der Waals surface area contributed by atoms with Crippen LogP contribution in [0, 0.1) is 6.92 Å². The highest BCUT2D eigenvalue weighted by molar-refractivity contribution is 5.89. The Balaban J connectivity index is 2.15. The molecule has 0 amide bonds. The molecule has 0 bridgehead atoms. The number of hydrogen-bond acceptors (Lipinski definition) is 2. The Morgan fingerprint density at radius 2 is 2.05 bits per heavy atom. The fourth-order valence-electron chi connectivity index (χ4n) is 2.88. The van der Waals surface area contributed by atoms with Crippen LogP contribution in [-0.4, -0.2) is 17.6 Å². The summed E-state index contributed by atoms with van der Waals surface area (Å²) >= 11 is 0. The number of benzene rings is 2. The number of carbonyl (C=O) groups is 1. The van der Waals surface area contributed by atoms with Gasteiger partial charge in [0.25, 0.3) is 0 Å². The van der Waals surface area contributed by atoms with E-state index in [2.05, 4.69) is 24.4 Å². The van der Waals surface area contributed by atoms with Crippen molar-refractivity contribution in [1.82, 2.24) is 5.32 Å². The number of hydrogen-bond donors (Lipinski definition) is 2. The highest BCUT2D eigenvalue weighted by Crippen LogP contribution is 2.30. The van der Waals surface area contributed by atoms with Crippen molar-refractivity contribution in [1.29, 1.82) is 0 Å². The maximum atomic E-state index is 11.1. The molecule has 0 fully saturated rings. The second kappa shape index (κ2) is 5.10. The molecule has 102 valence electrons. The highest BCUT2D eigenvalue weighted by Gasteiger charge is 2.16. The minimum atomic E-state index is -0.883. The van der Waals surface area contributed by atoms with E-state index in [4.69, 9.17) is 5.11 Å². The van der Waals surface area contributed by atoms with E-state index in [1.807, 2.05) is 6.07 Å². The molecule has 2 N–H and O–H groups in total. The van der Waals surface area contributed by atoms with Gasteiger partial charge in [-0.15, -0.1) is 0 Å². The average molecular weight is 267 g/mol. The average Bonchev–Trinajstić information content (AvgIpc) is 2.48. The lowest BCUT2D eigenvalue weighted by Gasteiger charge is -2.22. The molecule has 0 atom stereocenters. The summed E-state index contributed by atoms with van der Waals surface area (Å²) in [6, 6.07) is 11.4. The van der Waals surface area contributed by atoms with Crippen molar-refractivity contribution in [3.63, 3.8) is 0 Å². The van der Waals surface area contributed by atoms with Crippen LogP contribution in [0.25, 0.3) is 11.1 Å². The van der Waals surface area contributed by atoms with Crippen molar-refractivity contribution in [2.24, 2.45) is 0 Å². The van der Waals surface area contributed by atoms with Gasteiger partial charge in [0.15, 0.2) is 0 Å². The molecule has 0 radical (unpaired) electrons. The van der Waals surface area contributed by atoms with E-state index in [-0.39, 0.29) is 0 Å². The number of nitrogens with one attached hydrogen (secondary N) is 1. The van der Waals surface area contributed by atoms with Crippen LogP contribution in [-0.2, 0) is 13.0 Å². The molecular formula is C17H17NO2. The molecule has 0 spiro atoms. The zero-order valence-electron chi connectivity index (χ0n) is 11.4. The summed E-state index contributed by atoms with van der Waals surface area (Å²) in [5.41, 5.74) is 6.48. The highest BCUT2D eigenvalue weighted by atomic mass is 16.4. The van der Waals surface area contributed by atoms with Crippen LogP contribution in [0.15, 0.2) is 36.4 Å². The largest absolute Gasteiger partial charge is 0.478 e. The number of aryl methyl sites for hydroxylation is 1. The van der Waals surface area contributed by atoms with Gasteiger partial charge in [-0.2, -0.15) is 0 Å². The molecule has 0 saturated carbocycles. The molecule has 0 unspecified atom stereocenters. The molecular weight excluding hydrogens is 250 g/mol. The first-order valence-corrected chi connectivity index (χ1v) is 6.82. The molecule has 0 saturated heterocycles. The van der Waals surface area contributed by atoms with Crippen molar-refractivity contribution in [3.05, 3.63) is 58.7 Å². The number of fused-ring (bicyclic) bond motifs is 1. The smallest absolute Gasteiger partial charge is 0.335 e. The number of aromatic carboxylic acids is 1. The first kappa shape index (κ1) is 12.9. The topological polar surface area (TPSA) is 49.3 Å². The number of carboxylic acid groups (broad SMARTS) is 1. The van der Waals surface area contributed by atoms with Crippen molar-refractivity contribution in [3.8, 4) is 11.1 Å². The summed E-state index contributed by atoms with van der Waals surface area (Å²) in [4.78, 5) is 11.1. The molecule has 0 aromatic heterocycles. The van der Waals surface area contributed by atoms with Gasteiger partial charge in [-0.05, 0) is 59.8 Å². The molecule has 1 aliphatic rings. The maximum Gasteiger partial charge on any atom is 0.335 e. The van der Waals surface area contributed by atoms with Crippen LogP contribution < -0.4 is 5.32 Å². The summed E-state index contributed by atoms with van der Waals surface area (Å²) in [7, 11) is 0. The lowest BCUT2D eigenvalue weighted by molar-refractivity contribution is 0.0697. The maximum absolute atomic E-state index is 11.1.